The van der Waals surface area contributed by atoms with Gasteiger partial charge >= 0.3 is 15.8 Å². The highest BCUT2D eigenvalue weighted by Gasteiger charge is 2.32. The molecule has 2 rings (SSSR count). The predicted octanol–water partition coefficient (Wildman–Crippen LogP) is 1.95. The Labute approximate surface area is 116 Å². The summed E-state index contributed by atoms with van der Waals surface area (Å²) in [4.78, 5) is 14.0. The van der Waals surface area contributed by atoms with E-state index in [-0.39, 0.29) is 10.7 Å². The quantitative estimate of drug-likeness (QED) is 0.637. The molecule has 0 spiro atoms. The van der Waals surface area contributed by atoms with Crippen molar-refractivity contribution in [3.05, 3.63) is 51.5 Å². The Morgan fingerprint density at radius 3 is 2.50 bits per heavy atom. The van der Waals surface area contributed by atoms with Crippen LogP contribution in [0, 0.1) is 30.9 Å². The van der Waals surface area contributed by atoms with E-state index in [1.807, 2.05) is 0 Å². The fourth-order valence-electron chi connectivity index (χ4n) is 1.92. The van der Waals surface area contributed by atoms with Crippen molar-refractivity contribution in [1.29, 1.82) is 0 Å². The molecular formula is C12H13N3O4S. The second-order valence-corrected chi connectivity index (χ2v) is 6.21. The van der Waals surface area contributed by atoms with E-state index in [1.54, 1.807) is 26.0 Å². The summed E-state index contributed by atoms with van der Waals surface area (Å²) in [5.41, 5.74) is 1.28. The van der Waals surface area contributed by atoms with Gasteiger partial charge in [-0.1, -0.05) is 16.1 Å². The normalized spacial score (nSPS) is 11.6. The van der Waals surface area contributed by atoms with Crippen LogP contribution >= 0.6 is 0 Å². The lowest BCUT2D eigenvalue weighted by Gasteiger charge is -2.08. The number of rotatable bonds is 3. The van der Waals surface area contributed by atoms with Crippen LogP contribution in [-0.4, -0.2) is 22.3 Å². The Morgan fingerprint density at radius 2 is 1.90 bits per heavy atom. The molecule has 0 unspecified atom stereocenters. The number of aryl methyl sites for hydroxylation is 3. The van der Waals surface area contributed by atoms with Crippen LogP contribution in [0.4, 0.5) is 5.82 Å². The van der Waals surface area contributed by atoms with Crippen LogP contribution in [-0.2, 0) is 10.0 Å². The zero-order valence-corrected chi connectivity index (χ0v) is 12.0. The van der Waals surface area contributed by atoms with Gasteiger partial charge in [-0.15, -0.1) is 0 Å². The fraction of sp³-hybridized carbons (Fsp3) is 0.250. The Bertz CT molecular complexity index is 793. The molecule has 2 aromatic rings. The molecule has 0 radical (unpaired) electrons. The molecule has 0 bridgehead atoms. The van der Waals surface area contributed by atoms with Gasteiger partial charge < -0.3 is 10.1 Å². The van der Waals surface area contributed by atoms with Crippen molar-refractivity contribution in [3.63, 3.8) is 0 Å². The zero-order chi connectivity index (χ0) is 15.1. The molecule has 7 nitrogen and oxygen atoms in total. The second kappa shape index (κ2) is 4.71. The number of nitrogens with zero attached hydrogens (tertiary/aromatic N) is 3. The maximum absolute atomic E-state index is 12.6. The summed E-state index contributed by atoms with van der Waals surface area (Å²) in [5, 5.41) is 10.9. The zero-order valence-electron chi connectivity index (χ0n) is 11.2. The SMILES string of the molecule is Cc1ccc(C)c(S(=O)(=O)n2c([N+](=O)[O-])cnc2C)c1. The highest BCUT2D eigenvalue weighted by molar-refractivity contribution is 7.90. The Balaban J connectivity index is 2.77. The summed E-state index contributed by atoms with van der Waals surface area (Å²) in [6.07, 6.45) is 0.942. The Kier molecular flexibility index (Phi) is 3.34. The molecule has 1 aromatic carbocycles. The molecular weight excluding hydrogens is 282 g/mol. The van der Waals surface area contributed by atoms with Crippen LogP contribution < -0.4 is 0 Å². The van der Waals surface area contributed by atoms with Crippen molar-refractivity contribution in [2.24, 2.45) is 0 Å². The summed E-state index contributed by atoms with van der Waals surface area (Å²) in [6, 6.07) is 4.94. The van der Waals surface area contributed by atoms with Gasteiger partial charge in [-0.05, 0) is 36.0 Å². The van der Waals surface area contributed by atoms with E-state index in [9.17, 15) is 18.5 Å². The fourth-order valence-corrected chi connectivity index (χ4v) is 3.69. The summed E-state index contributed by atoms with van der Waals surface area (Å²) in [6.45, 7) is 4.81. The molecule has 0 atom stereocenters. The largest absolute Gasteiger partial charge is 0.358 e. The van der Waals surface area contributed by atoms with Crippen LogP contribution in [0.5, 0.6) is 0 Å². The number of nitro groups is 1. The third kappa shape index (κ3) is 2.18. The summed E-state index contributed by atoms with van der Waals surface area (Å²) >= 11 is 0. The molecule has 8 heteroatoms. The van der Waals surface area contributed by atoms with Crippen molar-refractivity contribution in [2.45, 2.75) is 25.7 Å². The topological polar surface area (TPSA) is 95.1 Å². The molecule has 0 fully saturated rings. The lowest BCUT2D eigenvalue weighted by Crippen LogP contribution is -2.17. The Morgan fingerprint density at radius 1 is 1.25 bits per heavy atom. The van der Waals surface area contributed by atoms with E-state index in [0.29, 0.717) is 9.54 Å². The molecule has 0 aliphatic carbocycles. The first-order valence-electron chi connectivity index (χ1n) is 5.76. The van der Waals surface area contributed by atoms with Gasteiger partial charge in [0, 0.05) is 6.92 Å². The van der Waals surface area contributed by atoms with E-state index >= 15 is 0 Å². The number of aromatic nitrogens is 2. The monoisotopic (exact) mass is 295 g/mol. The van der Waals surface area contributed by atoms with Crippen molar-refractivity contribution >= 4 is 15.8 Å². The van der Waals surface area contributed by atoms with E-state index in [0.717, 1.165) is 11.8 Å². The Hall–Kier alpha value is -2.22. The van der Waals surface area contributed by atoms with Gasteiger partial charge in [-0.2, -0.15) is 8.42 Å². The first kappa shape index (κ1) is 14.2. The molecule has 1 aromatic heterocycles. The minimum atomic E-state index is -4.04. The third-order valence-corrected chi connectivity index (χ3v) is 4.85. The maximum atomic E-state index is 12.6. The van der Waals surface area contributed by atoms with E-state index in [2.05, 4.69) is 4.98 Å². The number of hydrogen-bond donors (Lipinski definition) is 0. The summed E-state index contributed by atoms with van der Waals surface area (Å²) in [7, 11) is -4.04. The number of imidazole rings is 1. The lowest BCUT2D eigenvalue weighted by atomic mass is 10.2. The second-order valence-electron chi connectivity index (χ2n) is 4.46. The van der Waals surface area contributed by atoms with E-state index in [1.165, 1.54) is 13.0 Å². The van der Waals surface area contributed by atoms with Crippen LogP contribution in [0.1, 0.15) is 17.0 Å². The summed E-state index contributed by atoms with van der Waals surface area (Å²) in [5.74, 6) is -0.513. The van der Waals surface area contributed by atoms with Gasteiger partial charge in [0.05, 0.1) is 0 Å². The van der Waals surface area contributed by atoms with Gasteiger partial charge in [0.25, 0.3) is 0 Å². The van der Waals surface area contributed by atoms with Crippen LogP contribution in [0.3, 0.4) is 0 Å². The molecule has 106 valence electrons. The van der Waals surface area contributed by atoms with Gasteiger partial charge in [0.1, 0.15) is 11.1 Å². The first-order chi connectivity index (χ1) is 9.25. The van der Waals surface area contributed by atoms with Crippen LogP contribution in [0.2, 0.25) is 0 Å². The third-order valence-electron chi connectivity index (χ3n) is 2.92. The van der Waals surface area contributed by atoms with Gasteiger partial charge in [0.2, 0.25) is 5.82 Å². The van der Waals surface area contributed by atoms with Gasteiger partial charge in [0.15, 0.2) is 0 Å². The molecule has 0 N–H and O–H groups in total. The lowest BCUT2D eigenvalue weighted by molar-refractivity contribution is -0.390. The number of benzene rings is 1. The molecule has 0 saturated heterocycles. The van der Waals surface area contributed by atoms with Crippen molar-refractivity contribution in [1.82, 2.24) is 8.96 Å². The minimum Gasteiger partial charge on any atom is -0.358 e. The predicted molar refractivity (Wildman–Crippen MR) is 72.1 cm³/mol. The van der Waals surface area contributed by atoms with Crippen molar-refractivity contribution in [2.75, 3.05) is 0 Å². The molecule has 0 amide bonds. The smallest absolute Gasteiger partial charge is 0.358 e. The maximum Gasteiger partial charge on any atom is 0.358 e. The first-order valence-corrected chi connectivity index (χ1v) is 7.20. The van der Waals surface area contributed by atoms with Crippen molar-refractivity contribution < 1.29 is 13.3 Å². The van der Waals surface area contributed by atoms with E-state index in [4.69, 9.17) is 0 Å². The molecule has 0 aliphatic rings. The standard InChI is InChI=1S/C12H13N3O4S/c1-8-4-5-9(2)11(6-8)20(18,19)14-10(3)13-7-12(14)15(16)17/h4-7H,1-3H3. The van der Waals surface area contributed by atoms with Gasteiger partial charge in [-0.3, -0.25) is 0 Å². The molecule has 20 heavy (non-hydrogen) atoms. The van der Waals surface area contributed by atoms with Crippen LogP contribution in [0.25, 0.3) is 0 Å². The molecule has 0 aliphatic heterocycles. The average molecular weight is 295 g/mol. The van der Waals surface area contributed by atoms with Gasteiger partial charge in [-0.25, -0.2) is 4.98 Å². The highest BCUT2D eigenvalue weighted by Crippen LogP contribution is 2.25. The minimum absolute atomic E-state index is 0.0432. The highest BCUT2D eigenvalue weighted by atomic mass is 32.2. The number of hydrogen-bond acceptors (Lipinski definition) is 5. The van der Waals surface area contributed by atoms with Crippen LogP contribution in [0.15, 0.2) is 29.3 Å². The van der Waals surface area contributed by atoms with Crippen molar-refractivity contribution in [3.8, 4) is 0 Å². The average Bonchev–Trinajstić information content (AvgIpc) is 2.75. The van der Waals surface area contributed by atoms with E-state index < -0.39 is 20.8 Å². The molecule has 0 saturated carbocycles. The summed E-state index contributed by atoms with van der Waals surface area (Å²) < 4.78 is 25.9. The molecule has 1 heterocycles.